The fourth-order valence-electron chi connectivity index (χ4n) is 2.53. The number of hydrazine groups is 1. The molecule has 0 amide bonds. The number of hydrogen-bond donors (Lipinski definition) is 3. The van der Waals surface area contributed by atoms with Gasteiger partial charge in [-0.15, -0.1) is 0 Å². The maximum Gasteiger partial charge on any atom is 0.205 e. The highest BCUT2D eigenvalue weighted by molar-refractivity contribution is 5.79. The highest BCUT2D eigenvalue weighted by Gasteiger charge is 2.64. The zero-order valence-electron chi connectivity index (χ0n) is 10.8. The number of hydrogen-bond acceptors (Lipinski definition) is 2. The van der Waals surface area contributed by atoms with Crippen molar-refractivity contribution in [1.82, 2.24) is 10.7 Å². The Morgan fingerprint density at radius 1 is 1.25 bits per heavy atom. The summed E-state index contributed by atoms with van der Waals surface area (Å²) in [6, 6.07) is 0.593. The molecule has 0 atom stereocenters. The number of guanidine groups is 1. The van der Waals surface area contributed by atoms with Crippen LogP contribution in [0.3, 0.4) is 0 Å². The maximum absolute atomic E-state index is 5.45. The highest BCUT2D eigenvalue weighted by atomic mass is 15.3. The molecule has 0 unspecified atom stereocenters. The maximum atomic E-state index is 5.45. The molecule has 0 bridgehead atoms. The minimum atomic E-state index is 0.399. The molecule has 0 aliphatic heterocycles. The van der Waals surface area contributed by atoms with Gasteiger partial charge in [0.25, 0.3) is 0 Å². The first-order valence-electron chi connectivity index (χ1n) is 6.17. The minimum Gasteiger partial charge on any atom is -0.353 e. The Balaban J connectivity index is 1.88. The first-order valence-corrected chi connectivity index (χ1v) is 6.17. The zero-order chi connectivity index (χ0) is 12.0. The van der Waals surface area contributed by atoms with E-state index in [-0.39, 0.29) is 0 Å². The van der Waals surface area contributed by atoms with Crippen molar-refractivity contribution in [3.05, 3.63) is 0 Å². The van der Waals surface area contributed by atoms with Crippen LogP contribution in [-0.2, 0) is 0 Å². The third-order valence-corrected chi connectivity index (χ3v) is 4.81. The molecule has 16 heavy (non-hydrogen) atoms. The average molecular weight is 224 g/mol. The number of nitrogens with one attached hydrogen (secondary N) is 2. The summed E-state index contributed by atoms with van der Waals surface area (Å²) in [6.07, 6.45) is 2.47. The molecule has 4 nitrogen and oxygen atoms in total. The van der Waals surface area contributed by atoms with E-state index in [9.17, 15) is 0 Å². The van der Waals surface area contributed by atoms with Gasteiger partial charge in [-0.25, -0.2) is 5.84 Å². The molecule has 2 saturated carbocycles. The molecule has 0 radical (unpaired) electrons. The molecule has 2 aliphatic rings. The normalized spacial score (nSPS) is 27.7. The monoisotopic (exact) mass is 224 g/mol. The number of nitrogens with zero attached hydrogens (tertiary/aromatic N) is 1. The summed E-state index contributed by atoms with van der Waals surface area (Å²) in [4.78, 5) is 4.55. The van der Waals surface area contributed by atoms with Gasteiger partial charge >= 0.3 is 0 Å². The topological polar surface area (TPSA) is 62.4 Å². The first-order chi connectivity index (χ1) is 7.39. The quantitative estimate of drug-likeness (QED) is 0.292. The van der Waals surface area contributed by atoms with Gasteiger partial charge in [0.05, 0.1) is 0 Å². The van der Waals surface area contributed by atoms with Gasteiger partial charge in [-0.05, 0) is 29.6 Å². The number of nitrogens with two attached hydrogens (primary N) is 1. The summed E-state index contributed by atoms with van der Waals surface area (Å²) in [5.41, 5.74) is 3.45. The minimum absolute atomic E-state index is 0.399. The van der Waals surface area contributed by atoms with E-state index in [0.29, 0.717) is 22.8 Å². The Bertz CT molecular complexity index is 288. The van der Waals surface area contributed by atoms with E-state index < -0.39 is 0 Å². The van der Waals surface area contributed by atoms with E-state index in [4.69, 9.17) is 5.84 Å². The van der Waals surface area contributed by atoms with Crippen LogP contribution in [0.25, 0.3) is 0 Å². The van der Waals surface area contributed by atoms with Gasteiger partial charge in [-0.3, -0.25) is 10.4 Å². The van der Waals surface area contributed by atoms with E-state index in [1.54, 1.807) is 0 Å². The summed E-state index contributed by atoms with van der Waals surface area (Å²) in [6.45, 7) is 10.1. The van der Waals surface area contributed by atoms with Crippen molar-refractivity contribution in [2.75, 3.05) is 6.54 Å². The van der Waals surface area contributed by atoms with E-state index >= 15 is 0 Å². The Morgan fingerprint density at radius 2 is 1.81 bits per heavy atom. The third-order valence-electron chi connectivity index (χ3n) is 4.81. The summed E-state index contributed by atoms with van der Waals surface area (Å²) in [7, 11) is 0. The summed E-state index contributed by atoms with van der Waals surface area (Å²) >= 11 is 0. The lowest BCUT2D eigenvalue weighted by Crippen LogP contribution is -2.42. The standard InChI is InChI=1S/C12H24N4/c1-11(2)9(12(11,3)4)7-14-10(16-13)15-8-5-6-8/h8-9H,5-7,13H2,1-4H3,(H2,14,15,16). The van der Waals surface area contributed by atoms with Crippen LogP contribution in [0, 0.1) is 16.7 Å². The molecule has 0 heterocycles. The molecule has 0 aromatic rings. The summed E-state index contributed by atoms with van der Waals surface area (Å²) in [5, 5.41) is 3.29. The summed E-state index contributed by atoms with van der Waals surface area (Å²) < 4.78 is 0. The second-order valence-electron chi connectivity index (χ2n) is 6.25. The average Bonchev–Trinajstić information content (AvgIpc) is 3.05. The Labute approximate surface area is 98.0 Å². The van der Waals surface area contributed by atoms with E-state index in [1.165, 1.54) is 12.8 Å². The van der Waals surface area contributed by atoms with Crippen molar-refractivity contribution in [1.29, 1.82) is 0 Å². The Morgan fingerprint density at radius 3 is 2.19 bits per heavy atom. The predicted molar refractivity (Wildman–Crippen MR) is 66.8 cm³/mol. The fourth-order valence-corrected chi connectivity index (χ4v) is 2.53. The van der Waals surface area contributed by atoms with Crippen LogP contribution in [0.15, 0.2) is 4.99 Å². The summed E-state index contributed by atoms with van der Waals surface area (Å²) in [5.74, 6) is 6.86. The van der Waals surface area contributed by atoms with Crippen LogP contribution in [0.1, 0.15) is 40.5 Å². The van der Waals surface area contributed by atoms with Crippen molar-refractivity contribution in [2.24, 2.45) is 27.6 Å². The van der Waals surface area contributed by atoms with Crippen LogP contribution in [0.4, 0.5) is 0 Å². The van der Waals surface area contributed by atoms with Crippen LogP contribution in [-0.4, -0.2) is 18.5 Å². The lowest BCUT2D eigenvalue weighted by molar-refractivity contribution is 0.457. The van der Waals surface area contributed by atoms with Gasteiger partial charge < -0.3 is 5.32 Å². The van der Waals surface area contributed by atoms with Gasteiger partial charge in [0.2, 0.25) is 5.96 Å². The third kappa shape index (κ3) is 1.90. The smallest absolute Gasteiger partial charge is 0.205 e. The van der Waals surface area contributed by atoms with Crippen molar-refractivity contribution >= 4 is 5.96 Å². The predicted octanol–water partition coefficient (Wildman–Crippen LogP) is 1.24. The molecule has 4 N–H and O–H groups in total. The van der Waals surface area contributed by atoms with Crippen LogP contribution >= 0.6 is 0 Å². The van der Waals surface area contributed by atoms with Gasteiger partial charge in [-0.1, -0.05) is 27.7 Å². The lowest BCUT2D eigenvalue weighted by Gasteiger charge is -2.07. The largest absolute Gasteiger partial charge is 0.353 e. The van der Waals surface area contributed by atoms with Crippen molar-refractivity contribution in [3.63, 3.8) is 0 Å². The second-order valence-corrected chi connectivity index (χ2v) is 6.25. The van der Waals surface area contributed by atoms with Gasteiger partial charge in [0.1, 0.15) is 0 Å². The fraction of sp³-hybridized carbons (Fsp3) is 0.917. The Kier molecular flexibility index (Phi) is 2.65. The van der Waals surface area contributed by atoms with E-state index in [1.807, 2.05) is 0 Å². The van der Waals surface area contributed by atoms with Gasteiger partial charge in [0.15, 0.2) is 0 Å². The zero-order valence-corrected chi connectivity index (χ0v) is 10.8. The van der Waals surface area contributed by atoms with Gasteiger partial charge in [0, 0.05) is 12.6 Å². The van der Waals surface area contributed by atoms with E-state index in [2.05, 4.69) is 43.4 Å². The molecule has 2 aliphatic carbocycles. The van der Waals surface area contributed by atoms with Crippen LogP contribution in [0.2, 0.25) is 0 Å². The number of aliphatic imine (C=N–C) groups is 1. The molecule has 4 heteroatoms. The molecule has 92 valence electrons. The van der Waals surface area contributed by atoms with E-state index in [0.717, 1.165) is 12.5 Å². The lowest BCUT2D eigenvalue weighted by atomic mass is 10.0. The SMILES string of the molecule is CC1(C)C(CN=C(NN)NC2CC2)C1(C)C. The molecular weight excluding hydrogens is 200 g/mol. The Hall–Kier alpha value is -0.770. The van der Waals surface area contributed by atoms with Crippen molar-refractivity contribution in [3.8, 4) is 0 Å². The molecule has 0 aromatic carbocycles. The second kappa shape index (κ2) is 3.62. The van der Waals surface area contributed by atoms with Crippen molar-refractivity contribution < 1.29 is 0 Å². The van der Waals surface area contributed by atoms with Gasteiger partial charge in [-0.2, -0.15) is 0 Å². The highest BCUT2D eigenvalue weighted by Crippen LogP contribution is 2.68. The first kappa shape index (κ1) is 11.7. The molecule has 0 aromatic heterocycles. The molecule has 2 fully saturated rings. The van der Waals surface area contributed by atoms with Crippen LogP contribution < -0.4 is 16.6 Å². The number of rotatable bonds is 3. The molecule has 2 rings (SSSR count). The molecule has 0 saturated heterocycles. The molecular formula is C12H24N4. The molecule has 0 spiro atoms. The van der Waals surface area contributed by atoms with Crippen LogP contribution in [0.5, 0.6) is 0 Å². The van der Waals surface area contributed by atoms with Crippen molar-refractivity contribution in [2.45, 2.75) is 46.6 Å².